The predicted molar refractivity (Wildman–Crippen MR) is 30.0 cm³/mol. The molecular weight excluding hydrogens is 404 g/mol. The van der Waals surface area contributed by atoms with Gasteiger partial charge in [0, 0.05) is 0 Å². The number of rotatable bonds is 2. The van der Waals surface area contributed by atoms with Gasteiger partial charge < -0.3 is 0 Å². The Morgan fingerprint density at radius 2 is 0.647 bits per heavy atom. The van der Waals surface area contributed by atoms with Crippen LogP contribution in [0.15, 0.2) is 0 Å². The molecule has 0 aliphatic heterocycles. The van der Waals surface area contributed by atoms with Crippen molar-refractivity contribution in [2.75, 3.05) is 0 Å². The number of halogens is 12. The van der Waals surface area contributed by atoms with Gasteiger partial charge in [-0.1, -0.05) is 0 Å². The molecule has 0 nitrogen and oxygen atoms in total. The average Bonchev–Trinajstić information content (AvgIpc) is 1.98. The van der Waals surface area contributed by atoms with Crippen LogP contribution in [0.2, 0.25) is 0 Å². The maximum absolute atomic E-state index is 12.2. The van der Waals surface area contributed by atoms with E-state index < -0.39 is 39.6 Å². The van der Waals surface area contributed by atoms with Crippen LogP contribution in [0.5, 0.6) is 0 Å². The standard InChI is InChI=1S/C4F12Te/c5-1(6,7)3(11,12)17(15,16)4(13,14)2(8,9)10. The van der Waals surface area contributed by atoms with Gasteiger partial charge in [-0.2, -0.15) is 0 Å². The van der Waals surface area contributed by atoms with Crippen molar-refractivity contribution in [1.29, 1.82) is 0 Å². The summed E-state index contributed by atoms with van der Waals surface area (Å²) in [6, 6.07) is 0. The van der Waals surface area contributed by atoms with E-state index in [0.29, 0.717) is 0 Å². The molecule has 0 atom stereocenters. The molecule has 0 aliphatic carbocycles. The molecule has 0 saturated carbocycles. The summed E-state index contributed by atoms with van der Waals surface area (Å²) in [6.07, 6.45) is -14.3. The van der Waals surface area contributed by atoms with E-state index in [0.717, 1.165) is 0 Å². The Morgan fingerprint density at radius 1 is 0.471 bits per heavy atom. The Hall–Kier alpha value is -0.0504. The summed E-state index contributed by atoms with van der Waals surface area (Å²) < 4.78 is 126. The van der Waals surface area contributed by atoms with Crippen molar-refractivity contribution in [3.8, 4) is 0 Å². The van der Waals surface area contributed by atoms with E-state index in [2.05, 4.69) is 0 Å². The SMILES string of the molecule is FC(F)(F)C(F)(F)[Te](F)(F)C(F)(F)C(F)(F)F. The van der Waals surface area contributed by atoms with Crippen LogP contribution in [0, 0.1) is 0 Å². The Balaban J connectivity index is 5.73. The third kappa shape index (κ3) is 2.40. The Morgan fingerprint density at radius 3 is 0.765 bits per heavy atom. The van der Waals surface area contributed by atoms with Crippen molar-refractivity contribution in [2.45, 2.75) is 20.3 Å². The molecule has 13 heteroatoms. The Labute approximate surface area is 89.9 Å². The van der Waals surface area contributed by atoms with E-state index >= 15 is 0 Å². The van der Waals surface area contributed by atoms with Gasteiger partial charge in [0.25, 0.3) is 0 Å². The molecular formula is C4F12Te. The fourth-order valence-corrected chi connectivity index (χ4v) is 3.03. The van der Waals surface area contributed by atoms with Gasteiger partial charge in [0.2, 0.25) is 0 Å². The predicted octanol–water partition coefficient (Wildman–Crippen LogP) is 3.84. The average molecular weight is 404 g/mol. The first kappa shape index (κ1) is 16.9. The number of hydrogen-bond donors (Lipinski definition) is 0. The minimum atomic E-state index is -9.97. The van der Waals surface area contributed by atoms with Crippen molar-refractivity contribution in [2.24, 2.45) is 0 Å². The van der Waals surface area contributed by atoms with E-state index in [1.165, 1.54) is 0 Å². The molecule has 106 valence electrons. The first-order valence-electron chi connectivity index (χ1n) is 3.11. The summed E-state index contributed by atoms with van der Waals surface area (Å²) in [4.78, 5) is 0. The second-order valence-electron chi connectivity index (χ2n) is 2.50. The van der Waals surface area contributed by atoms with Crippen molar-refractivity contribution in [1.82, 2.24) is 0 Å². The van der Waals surface area contributed by atoms with Crippen molar-refractivity contribution < 1.29 is 49.7 Å². The fourth-order valence-electron chi connectivity index (χ4n) is 0.452. The van der Waals surface area contributed by atoms with Crippen LogP contribution in [0.3, 0.4) is 0 Å². The van der Waals surface area contributed by atoms with Gasteiger partial charge in [-0.05, 0) is 0 Å². The van der Waals surface area contributed by atoms with Gasteiger partial charge >= 0.3 is 89.3 Å². The molecule has 0 heterocycles. The molecule has 0 unspecified atom stereocenters. The van der Waals surface area contributed by atoms with Crippen LogP contribution in [0.25, 0.3) is 0 Å². The second kappa shape index (κ2) is 3.97. The van der Waals surface area contributed by atoms with Gasteiger partial charge in [-0.15, -0.1) is 0 Å². The van der Waals surface area contributed by atoms with E-state index in [1.54, 1.807) is 0 Å². The zero-order valence-electron chi connectivity index (χ0n) is 6.94. The van der Waals surface area contributed by atoms with Gasteiger partial charge in [-0.25, -0.2) is 0 Å². The zero-order valence-corrected chi connectivity index (χ0v) is 9.27. The number of alkyl halides is 10. The van der Waals surface area contributed by atoms with Gasteiger partial charge in [0.1, 0.15) is 0 Å². The molecule has 0 spiro atoms. The molecule has 0 amide bonds. The summed E-state index contributed by atoms with van der Waals surface area (Å²) in [5, 5.41) is 0. The van der Waals surface area contributed by atoms with Crippen molar-refractivity contribution >= 4 is 19.3 Å². The van der Waals surface area contributed by atoms with E-state index in [1.807, 2.05) is 0 Å². The first-order chi connectivity index (χ1) is 7.00. The molecule has 0 rings (SSSR count). The summed E-state index contributed by atoms with van der Waals surface area (Å²) in [5.41, 5.74) is 0. The molecule has 0 aromatic carbocycles. The third-order valence-electron chi connectivity index (χ3n) is 1.30. The zero-order chi connectivity index (χ0) is 14.5. The van der Waals surface area contributed by atoms with E-state index in [-0.39, 0.29) is 0 Å². The molecule has 0 saturated heterocycles. The Kier molecular flexibility index (Phi) is 3.96. The molecule has 0 bridgehead atoms. The van der Waals surface area contributed by atoms with Crippen LogP contribution in [-0.4, -0.2) is 39.6 Å². The number of hydrogen-bond acceptors (Lipinski definition) is 0. The molecule has 17 heavy (non-hydrogen) atoms. The summed E-state index contributed by atoms with van der Waals surface area (Å²) in [6.45, 7) is 0. The van der Waals surface area contributed by atoms with Gasteiger partial charge in [0.15, 0.2) is 0 Å². The monoisotopic (exact) mass is 406 g/mol. The van der Waals surface area contributed by atoms with Crippen LogP contribution < -0.4 is 0 Å². The molecule has 0 radical (unpaired) electrons. The van der Waals surface area contributed by atoms with E-state index in [9.17, 15) is 49.7 Å². The van der Waals surface area contributed by atoms with Crippen LogP contribution >= 0.6 is 0 Å². The van der Waals surface area contributed by atoms with Crippen molar-refractivity contribution in [3.63, 3.8) is 0 Å². The minimum absolute atomic E-state index is 7.17. The third-order valence-corrected chi connectivity index (χ3v) is 6.30. The van der Waals surface area contributed by atoms with Crippen LogP contribution in [0.1, 0.15) is 0 Å². The van der Waals surface area contributed by atoms with Gasteiger partial charge in [0.05, 0.1) is 0 Å². The van der Waals surface area contributed by atoms with E-state index in [4.69, 9.17) is 0 Å². The van der Waals surface area contributed by atoms with Gasteiger partial charge in [-0.3, -0.25) is 0 Å². The summed E-state index contributed by atoms with van der Waals surface area (Å²) in [5.74, 6) is 0. The Bertz CT molecular complexity index is 254. The molecule has 0 aliphatic rings. The molecule has 0 N–H and O–H groups in total. The molecule has 0 aromatic rings. The first-order valence-corrected chi connectivity index (χ1v) is 7.20. The second-order valence-corrected chi connectivity index (χ2v) is 8.10. The van der Waals surface area contributed by atoms with Crippen LogP contribution in [-0.2, 0) is 0 Å². The summed E-state index contributed by atoms with van der Waals surface area (Å²) in [7, 11) is 0. The maximum atomic E-state index is 12.2. The quantitative estimate of drug-likeness (QED) is 0.485. The normalized spacial score (nSPS) is 17.2. The van der Waals surface area contributed by atoms with Crippen LogP contribution in [0.4, 0.5) is 49.7 Å². The van der Waals surface area contributed by atoms with Crippen molar-refractivity contribution in [3.05, 3.63) is 0 Å². The summed E-state index contributed by atoms with van der Waals surface area (Å²) >= 11 is -9.97. The molecule has 0 aromatic heterocycles. The fraction of sp³-hybridized carbons (Fsp3) is 1.00. The molecule has 0 fully saturated rings. The topological polar surface area (TPSA) is 0 Å².